The van der Waals surface area contributed by atoms with Crippen molar-refractivity contribution in [2.24, 2.45) is 0 Å². The molecular weight excluding hydrogens is 418 g/mol. The summed E-state index contributed by atoms with van der Waals surface area (Å²) in [6.07, 6.45) is 6.68. The van der Waals surface area contributed by atoms with Gasteiger partial charge < -0.3 is 15.4 Å². The van der Waals surface area contributed by atoms with E-state index in [0.29, 0.717) is 34.5 Å². The van der Waals surface area contributed by atoms with E-state index in [2.05, 4.69) is 20.6 Å². The molecule has 164 valence electrons. The van der Waals surface area contributed by atoms with Crippen molar-refractivity contribution in [2.75, 3.05) is 17.7 Å². The van der Waals surface area contributed by atoms with E-state index in [9.17, 15) is 4.79 Å². The lowest BCUT2D eigenvalue weighted by Gasteiger charge is -2.28. The lowest BCUT2D eigenvalue weighted by molar-refractivity contribution is -0.113. The molecule has 33 heavy (non-hydrogen) atoms. The molecule has 1 aromatic carbocycles. The Morgan fingerprint density at radius 3 is 2.58 bits per heavy atom. The fourth-order valence-electron chi connectivity index (χ4n) is 3.87. The molecule has 4 aromatic rings. The molecule has 3 aromatic heterocycles. The standard InChI is InChI=1S/C24H21N7O2/c1-15-20(23(32)28-17-8-6-12-26-14-17)21(16-7-5-11-25-13-16)31-24(27-15)29-22(30-31)18-9-3-4-10-19(18)33-2/h3-14,21H,1-2H3,(H,28,32)(H,27,29,30). The highest BCUT2D eigenvalue weighted by Crippen LogP contribution is 2.37. The van der Waals surface area contributed by atoms with E-state index in [1.54, 1.807) is 48.7 Å². The lowest BCUT2D eigenvalue weighted by atomic mass is 9.96. The van der Waals surface area contributed by atoms with Gasteiger partial charge in [-0.15, -0.1) is 5.10 Å². The largest absolute Gasteiger partial charge is 0.496 e. The summed E-state index contributed by atoms with van der Waals surface area (Å²) in [5.74, 6) is 1.42. The number of pyridine rings is 2. The SMILES string of the molecule is COc1ccccc1-c1nc2n(n1)C(c1cccnc1)C(C(=O)Nc1cccnc1)=C(C)N2. The van der Waals surface area contributed by atoms with E-state index in [-0.39, 0.29) is 5.91 Å². The van der Waals surface area contributed by atoms with Gasteiger partial charge in [-0.2, -0.15) is 4.98 Å². The molecular formula is C24H21N7O2. The van der Waals surface area contributed by atoms with Crippen molar-refractivity contribution in [3.63, 3.8) is 0 Å². The smallest absolute Gasteiger partial charge is 0.255 e. The highest BCUT2D eigenvalue weighted by Gasteiger charge is 2.35. The number of benzene rings is 1. The number of carbonyl (C=O) groups is 1. The number of methoxy groups -OCH3 is 1. The fraction of sp³-hybridized carbons (Fsp3) is 0.125. The van der Waals surface area contributed by atoms with Gasteiger partial charge in [-0.05, 0) is 42.8 Å². The minimum Gasteiger partial charge on any atom is -0.496 e. The molecule has 5 rings (SSSR count). The molecule has 1 atom stereocenters. The number of nitrogens with one attached hydrogen (secondary N) is 2. The van der Waals surface area contributed by atoms with E-state index < -0.39 is 6.04 Å². The number of carbonyl (C=O) groups excluding carboxylic acids is 1. The maximum Gasteiger partial charge on any atom is 0.255 e. The maximum atomic E-state index is 13.4. The summed E-state index contributed by atoms with van der Waals surface area (Å²) in [5.41, 5.74) is 3.36. The predicted octanol–water partition coefficient (Wildman–Crippen LogP) is 3.67. The predicted molar refractivity (Wildman–Crippen MR) is 124 cm³/mol. The Labute approximate surface area is 190 Å². The number of hydrogen-bond acceptors (Lipinski definition) is 7. The zero-order valence-corrected chi connectivity index (χ0v) is 18.1. The van der Waals surface area contributed by atoms with Crippen molar-refractivity contribution in [2.45, 2.75) is 13.0 Å². The Morgan fingerprint density at radius 2 is 1.85 bits per heavy atom. The van der Waals surface area contributed by atoms with E-state index in [4.69, 9.17) is 14.8 Å². The number of fused-ring (bicyclic) bond motifs is 1. The van der Waals surface area contributed by atoms with Crippen molar-refractivity contribution in [3.05, 3.63) is 90.2 Å². The first kappa shape index (κ1) is 20.4. The Kier molecular flexibility index (Phi) is 5.27. The van der Waals surface area contributed by atoms with Gasteiger partial charge >= 0.3 is 0 Å². The van der Waals surface area contributed by atoms with Crippen LogP contribution in [0.4, 0.5) is 11.6 Å². The van der Waals surface area contributed by atoms with E-state index in [0.717, 1.165) is 11.1 Å². The van der Waals surface area contributed by atoms with Gasteiger partial charge in [-0.25, -0.2) is 4.68 Å². The van der Waals surface area contributed by atoms with Crippen LogP contribution in [0.1, 0.15) is 18.5 Å². The van der Waals surface area contributed by atoms with E-state index in [1.165, 1.54) is 0 Å². The normalized spacial score (nSPS) is 14.9. The highest BCUT2D eigenvalue weighted by molar-refractivity contribution is 6.05. The average molecular weight is 439 g/mol. The first-order valence-electron chi connectivity index (χ1n) is 10.3. The van der Waals surface area contributed by atoms with Crippen molar-refractivity contribution < 1.29 is 9.53 Å². The molecule has 4 heterocycles. The van der Waals surface area contributed by atoms with Crippen molar-refractivity contribution >= 4 is 17.5 Å². The summed E-state index contributed by atoms with van der Waals surface area (Å²) in [5, 5.41) is 10.9. The number of anilines is 2. The number of allylic oxidation sites excluding steroid dienone is 1. The van der Waals surface area contributed by atoms with Crippen molar-refractivity contribution in [3.8, 4) is 17.1 Å². The average Bonchev–Trinajstić information content (AvgIpc) is 3.27. The third kappa shape index (κ3) is 3.80. The number of para-hydroxylation sites is 1. The number of aromatic nitrogens is 5. The molecule has 0 bridgehead atoms. The lowest BCUT2D eigenvalue weighted by Crippen LogP contribution is -2.31. The molecule has 0 radical (unpaired) electrons. The Hall–Kier alpha value is -4.53. The molecule has 1 aliphatic heterocycles. The summed E-state index contributed by atoms with van der Waals surface area (Å²) in [4.78, 5) is 26.4. The Bertz CT molecular complexity index is 1330. The molecule has 1 amide bonds. The van der Waals surface area contributed by atoms with Crippen LogP contribution in [0.15, 0.2) is 84.6 Å². The second kappa shape index (κ2) is 8.54. The van der Waals surface area contributed by atoms with Gasteiger partial charge in [-0.1, -0.05) is 18.2 Å². The summed E-state index contributed by atoms with van der Waals surface area (Å²) in [7, 11) is 1.61. The zero-order chi connectivity index (χ0) is 22.8. The minimum absolute atomic E-state index is 0.262. The topological polar surface area (TPSA) is 107 Å². The number of hydrogen-bond donors (Lipinski definition) is 2. The van der Waals surface area contributed by atoms with Crippen LogP contribution in [0.3, 0.4) is 0 Å². The van der Waals surface area contributed by atoms with Gasteiger partial charge in [0.25, 0.3) is 5.91 Å². The number of ether oxygens (including phenoxy) is 1. The molecule has 9 nitrogen and oxygen atoms in total. The summed E-state index contributed by atoms with van der Waals surface area (Å²) >= 11 is 0. The van der Waals surface area contributed by atoms with E-state index >= 15 is 0 Å². The maximum absolute atomic E-state index is 13.4. The van der Waals surface area contributed by atoms with Crippen LogP contribution in [0.25, 0.3) is 11.4 Å². The molecule has 0 aliphatic carbocycles. The first-order chi connectivity index (χ1) is 16.2. The van der Waals surface area contributed by atoms with Crippen LogP contribution < -0.4 is 15.4 Å². The van der Waals surface area contributed by atoms with Gasteiger partial charge in [0.05, 0.1) is 30.1 Å². The third-order valence-corrected chi connectivity index (χ3v) is 5.36. The fourth-order valence-corrected chi connectivity index (χ4v) is 3.87. The monoisotopic (exact) mass is 439 g/mol. The zero-order valence-electron chi connectivity index (χ0n) is 18.1. The molecule has 0 saturated heterocycles. The van der Waals surface area contributed by atoms with Crippen LogP contribution in [0.2, 0.25) is 0 Å². The van der Waals surface area contributed by atoms with Crippen LogP contribution in [-0.2, 0) is 4.79 Å². The second-order valence-electron chi connectivity index (χ2n) is 7.45. The quantitative estimate of drug-likeness (QED) is 0.489. The van der Waals surface area contributed by atoms with Crippen LogP contribution in [0.5, 0.6) is 5.75 Å². The van der Waals surface area contributed by atoms with Gasteiger partial charge in [-0.3, -0.25) is 14.8 Å². The van der Waals surface area contributed by atoms with E-state index in [1.807, 2.05) is 43.3 Å². The molecule has 0 spiro atoms. The van der Waals surface area contributed by atoms with Crippen LogP contribution in [-0.4, -0.2) is 37.7 Å². The van der Waals surface area contributed by atoms with Gasteiger partial charge in [0, 0.05) is 24.3 Å². The number of nitrogens with zero attached hydrogens (tertiary/aromatic N) is 5. The number of rotatable bonds is 5. The second-order valence-corrected chi connectivity index (χ2v) is 7.45. The third-order valence-electron chi connectivity index (χ3n) is 5.36. The molecule has 1 unspecified atom stereocenters. The van der Waals surface area contributed by atoms with Gasteiger partial charge in [0.2, 0.25) is 5.95 Å². The molecule has 1 aliphatic rings. The Morgan fingerprint density at radius 1 is 1.06 bits per heavy atom. The highest BCUT2D eigenvalue weighted by atomic mass is 16.5. The number of amides is 1. The minimum atomic E-state index is -0.525. The molecule has 0 fully saturated rings. The summed E-state index contributed by atoms with van der Waals surface area (Å²) in [6.45, 7) is 1.85. The van der Waals surface area contributed by atoms with Crippen molar-refractivity contribution in [1.82, 2.24) is 24.7 Å². The summed E-state index contributed by atoms with van der Waals surface area (Å²) < 4.78 is 7.20. The first-order valence-corrected chi connectivity index (χ1v) is 10.3. The van der Waals surface area contributed by atoms with Crippen LogP contribution in [0, 0.1) is 0 Å². The molecule has 0 saturated carbocycles. The molecule has 2 N–H and O–H groups in total. The summed E-state index contributed by atoms with van der Waals surface area (Å²) in [6, 6.07) is 14.3. The Balaban J connectivity index is 1.61. The van der Waals surface area contributed by atoms with Gasteiger partial charge in [0.1, 0.15) is 11.8 Å². The van der Waals surface area contributed by atoms with Crippen molar-refractivity contribution in [1.29, 1.82) is 0 Å². The molecule has 9 heteroatoms. The van der Waals surface area contributed by atoms with Crippen LogP contribution >= 0.6 is 0 Å². The van der Waals surface area contributed by atoms with Gasteiger partial charge in [0.15, 0.2) is 5.82 Å².